The summed E-state index contributed by atoms with van der Waals surface area (Å²) in [4.78, 5) is 0. The molecule has 0 aromatic carbocycles. The second-order valence-electron chi connectivity index (χ2n) is 13.5. The Bertz CT molecular complexity index is 678. The molecule has 4 rings (SSSR count). The first-order valence-electron chi connectivity index (χ1n) is 14.0. The number of aliphatic hydroxyl groups is 1. The molecular formula is C30H52O. The standard InChI is InChI=1S/C30H52O/c1-8-22(20(2)3)10-9-21(4)25-14-17-30(7)27-12-11-23-19-24(31)13-16-28(23,5)26(27)15-18-29(25,30)6/h12,20-26,31H,8-11,13-19H2,1-7H3/t21-,22-,23+,24+,25-,26+,28+,29-,30+/m1/s1. The molecule has 0 aromatic rings. The van der Waals surface area contributed by atoms with Crippen LogP contribution in [-0.2, 0) is 0 Å². The van der Waals surface area contributed by atoms with E-state index in [0.717, 1.165) is 42.4 Å². The van der Waals surface area contributed by atoms with Crippen LogP contribution in [0, 0.1) is 51.8 Å². The highest BCUT2D eigenvalue weighted by Gasteiger charge is 2.63. The van der Waals surface area contributed by atoms with Gasteiger partial charge in [-0.05, 0) is 110 Å². The van der Waals surface area contributed by atoms with Gasteiger partial charge in [-0.3, -0.25) is 0 Å². The first-order valence-corrected chi connectivity index (χ1v) is 14.0. The van der Waals surface area contributed by atoms with Gasteiger partial charge in [0, 0.05) is 0 Å². The van der Waals surface area contributed by atoms with Crippen LogP contribution in [0.4, 0.5) is 0 Å². The van der Waals surface area contributed by atoms with E-state index in [1.54, 1.807) is 0 Å². The molecule has 3 fully saturated rings. The number of hydrogen-bond donors (Lipinski definition) is 1. The maximum absolute atomic E-state index is 10.3. The van der Waals surface area contributed by atoms with Crippen LogP contribution in [0.2, 0.25) is 0 Å². The molecule has 1 nitrogen and oxygen atoms in total. The minimum absolute atomic E-state index is 0.0491. The highest BCUT2D eigenvalue weighted by molar-refractivity contribution is 5.32. The van der Waals surface area contributed by atoms with Crippen LogP contribution in [0.3, 0.4) is 0 Å². The van der Waals surface area contributed by atoms with Gasteiger partial charge < -0.3 is 5.11 Å². The Labute approximate surface area is 193 Å². The van der Waals surface area contributed by atoms with Gasteiger partial charge in [0.15, 0.2) is 0 Å². The van der Waals surface area contributed by atoms with Crippen LogP contribution in [0.5, 0.6) is 0 Å². The van der Waals surface area contributed by atoms with Crippen LogP contribution >= 0.6 is 0 Å². The average Bonchev–Trinajstić information content (AvgIpc) is 3.00. The smallest absolute Gasteiger partial charge is 0.0543 e. The third-order valence-corrected chi connectivity index (χ3v) is 12.1. The Kier molecular flexibility index (Phi) is 6.53. The molecule has 0 spiro atoms. The molecule has 4 aliphatic carbocycles. The Morgan fingerprint density at radius 3 is 2.42 bits per heavy atom. The normalized spacial score (nSPS) is 46.7. The summed E-state index contributed by atoms with van der Waals surface area (Å²) in [5, 5.41) is 10.3. The lowest BCUT2D eigenvalue weighted by atomic mass is 9.43. The zero-order chi connectivity index (χ0) is 22.6. The zero-order valence-corrected chi connectivity index (χ0v) is 21.8. The Morgan fingerprint density at radius 2 is 1.74 bits per heavy atom. The molecule has 3 saturated carbocycles. The molecule has 0 amide bonds. The Balaban J connectivity index is 1.54. The molecule has 0 aromatic heterocycles. The monoisotopic (exact) mass is 428 g/mol. The topological polar surface area (TPSA) is 20.2 Å². The highest BCUT2D eigenvalue weighted by Crippen LogP contribution is 2.72. The molecule has 0 radical (unpaired) electrons. The summed E-state index contributed by atoms with van der Waals surface area (Å²) in [5.41, 5.74) is 3.18. The highest BCUT2D eigenvalue weighted by atomic mass is 16.3. The fourth-order valence-electron chi connectivity index (χ4n) is 9.52. The lowest BCUT2D eigenvalue weighted by Gasteiger charge is -2.61. The SMILES string of the molecule is CC[C@H](CC[C@@H](C)[C@H]1CC[C@@]2(C)C3=CC[C@H]4C[C@@H](O)CC[C@]4(C)[C@H]3CC[C@]12C)C(C)C. The van der Waals surface area contributed by atoms with Gasteiger partial charge in [-0.25, -0.2) is 0 Å². The third-order valence-electron chi connectivity index (χ3n) is 12.1. The van der Waals surface area contributed by atoms with E-state index in [0.29, 0.717) is 22.2 Å². The fourth-order valence-corrected chi connectivity index (χ4v) is 9.52. The van der Waals surface area contributed by atoms with E-state index in [1.807, 2.05) is 5.57 Å². The molecule has 178 valence electrons. The van der Waals surface area contributed by atoms with Crippen LogP contribution in [-0.4, -0.2) is 11.2 Å². The Hall–Kier alpha value is -0.300. The van der Waals surface area contributed by atoms with Gasteiger partial charge in [-0.15, -0.1) is 0 Å². The molecule has 31 heavy (non-hydrogen) atoms. The lowest BCUT2D eigenvalue weighted by Crippen LogP contribution is -2.53. The summed E-state index contributed by atoms with van der Waals surface area (Å²) in [6.45, 7) is 17.8. The van der Waals surface area contributed by atoms with Gasteiger partial charge >= 0.3 is 0 Å². The van der Waals surface area contributed by atoms with E-state index >= 15 is 0 Å². The molecule has 9 atom stereocenters. The van der Waals surface area contributed by atoms with Crippen LogP contribution in [0.1, 0.15) is 119 Å². The molecule has 0 aliphatic heterocycles. The minimum Gasteiger partial charge on any atom is -0.393 e. The van der Waals surface area contributed by atoms with Crippen molar-refractivity contribution in [2.45, 2.75) is 125 Å². The number of fused-ring (bicyclic) bond motifs is 5. The van der Waals surface area contributed by atoms with Crippen molar-refractivity contribution in [3.05, 3.63) is 11.6 Å². The molecule has 4 aliphatic rings. The third kappa shape index (κ3) is 3.68. The van der Waals surface area contributed by atoms with Crippen molar-refractivity contribution >= 4 is 0 Å². The molecule has 1 N–H and O–H groups in total. The average molecular weight is 429 g/mol. The summed E-state index contributed by atoms with van der Waals surface area (Å²) in [6, 6.07) is 0. The van der Waals surface area contributed by atoms with Gasteiger partial charge in [0.25, 0.3) is 0 Å². The maximum atomic E-state index is 10.3. The molecule has 0 heterocycles. The summed E-state index contributed by atoms with van der Waals surface area (Å²) in [6.07, 6.45) is 17.0. The molecule has 1 heteroatoms. The van der Waals surface area contributed by atoms with Crippen molar-refractivity contribution in [1.82, 2.24) is 0 Å². The van der Waals surface area contributed by atoms with Crippen molar-refractivity contribution in [1.29, 1.82) is 0 Å². The summed E-state index contributed by atoms with van der Waals surface area (Å²) in [5.74, 6) is 4.95. The predicted molar refractivity (Wildman–Crippen MR) is 133 cm³/mol. The van der Waals surface area contributed by atoms with Crippen molar-refractivity contribution in [2.75, 3.05) is 0 Å². The van der Waals surface area contributed by atoms with E-state index in [2.05, 4.69) is 54.5 Å². The van der Waals surface area contributed by atoms with Crippen molar-refractivity contribution in [3.63, 3.8) is 0 Å². The minimum atomic E-state index is -0.0491. The van der Waals surface area contributed by atoms with Gasteiger partial charge in [0.1, 0.15) is 0 Å². The van der Waals surface area contributed by atoms with Gasteiger partial charge in [0.2, 0.25) is 0 Å². The van der Waals surface area contributed by atoms with Crippen LogP contribution in [0.15, 0.2) is 11.6 Å². The van der Waals surface area contributed by atoms with Crippen molar-refractivity contribution in [3.8, 4) is 0 Å². The predicted octanol–water partition coefficient (Wildman–Crippen LogP) is 8.41. The van der Waals surface area contributed by atoms with Gasteiger partial charge in [-0.2, -0.15) is 0 Å². The van der Waals surface area contributed by atoms with E-state index in [9.17, 15) is 5.11 Å². The maximum Gasteiger partial charge on any atom is 0.0543 e. The van der Waals surface area contributed by atoms with E-state index in [4.69, 9.17) is 0 Å². The molecule has 0 saturated heterocycles. The quantitative estimate of drug-likeness (QED) is 0.421. The summed E-state index contributed by atoms with van der Waals surface area (Å²) < 4.78 is 0. The summed E-state index contributed by atoms with van der Waals surface area (Å²) >= 11 is 0. The van der Waals surface area contributed by atoms with E-state index < -0.39 is 0 Å². The number of rotatable bonds is 6. The first kappa shape index (κ1) is 23.8. The summed E-state index contributed by atoms with van der Waals surface area (Å²) in [7, 11) is 0. The second-order valence-corrected chi connectivity index (χ2v) is 13.5. The number of hydrogen-bond acceptors (Lipinski definition) is 1. The first-order chi connectivity index (χ1) is 14.6. The van der Waals surface area contributed by atoms with E-state index in [-0.39, 0.29) is 6.10 Å². The molecule has 0 bridgehead atoms. The van der Waals surface area contributed by atoms with Crippen molar-refractivity contribution in [2.24, 2.45) is 51.8 Å². The van der Waals surface area contributed by atoms with Crippen LogP contribution < -0.4 is 0 Å². The van der Waals surface area contributed by atoms with Crippen molar-refractivity contribution < 1.29 is 5.11 Å². The number of aliphatic hydroxyl groups excluding tert-OH is 1. The zero-order valence-electron chi connectivity index (χ0n) is 21.8. The Morgan fingerprint density at radius 1 is 1.00 bits per heavy atom. The molecule has 0 unspecified atom stereocenters. The van der Waals surface area contributed by atoms with E-state index in [1.165, 1.54) is 57.8 Å². The largest absolute Gasteiger partial charge is 0.393 e. The van der Waals surface area contributed by atoms with Gasteiger partial charge in [0.05, 0.1) is 6.10 Å². The van der Waals surface area contributed by atoms with Gasteiger partial charge in [-0.1, -0.05) is 73.0 Å². The van der Waals surface area contributed by atoms with Crippen LogP contribution in [0.25, 0.3) is 0 Å². The number of allylic oxidation sites excluding steroid dienone is 2. The molecular weight excluding hydrogens is 376 g/mol. The lowest BCUT2D eigenvalue weighted by molar-refractivity contribution is -0.0630. The fraction of sp³-hybridized carbons (Fsp3) is 0.933. The second kappa shape index (κ2) is 8.48.